The Morgan fingerprint density at radius 3 is 2.32 bits per heavy atom. The van der Waals surface area contributed by atoms with E-state index in [1.807, 2.05) is 32.9 Å². The van der Waals surface area contributed by atoms with Crippen LogP contribution in [0.25, 0.3) is 0 Å². The number of amides is 3. The Morgan fingerprint density at radius 1 is 1.05 bits per heavy atom. The molecule has 0 fully saturated rings. The average molecular weight is 530 g/mol. The number of hydrogen-bond donors (Lipinski definition) is 1. The number of carbonyl (C=O) groups is 3. The van der Waals surface area contributed by atoms with Crippen molar-refractivity contribution in [3.8, 4) is 5.75 Å². The van der Waals surface area contributed by atoms with Crippen LogP contribution >= 0.6 is 0 Å². The second-order valence-corrected chi connectivity index (χ2v) is 10.9. The van der Waals surface area contributed by atoms with Gasteiger partial charge in [-0.1, -0.05) is 38.1 Å². The summed E-state index contributed by atoms with van der Waals surface area (Å²) in [5.41, 5.74) is 0.972. The fourth-order valence-electron chi connectivity index (χ4n) is 4.26. The van der Waals surface area contributed by atoms with E-state index in [0.717, 1.165) is 16.3 Å². The molecule has 3 rings (SSSR count). The second kappa shape index (κ2) is 12.2. The molecule has 9 nitrogen and oxygen atoms in total. The molecule has 1 aliphatic rings. The van der Waals surface area contributed by atoms with Crippen LogP contribution in [0.15, 0.2) is 53.4 Å². The lowest BCUT2D eigenvalue weighted by molar-refractivity contribution is -0.141. The first-order chi connectivity index (χ1) is 17.6. The van der Waals surface area contributed by atoms with Gasteiger partial charge in [0.25, 0.3) is 15.9 Å². The molecular weight excluding hydrogens is 494 g/mol. The molecule has 0 aliphatic carbocycles. The molecule has 1 N–H and O–H groups in total. The number of rotatable bonds is 12. The van der Waals surface area contributed by atoms with E-state index < -0.39 is 22.0 Å². The smallest absolute Gasteiger partial charge is 0.269 e. The molecule has 2 atom stereocenters. The number of hydrogen-bond acceptors (Lipinski definition) is 6. The van der Waals surface area contributed by atoms with Gasteiger partial charge in [0.2, 0.25) is 11.8 Å². The molecule has 37 heavy (non-hydrogen) atoms. The van der Waals surface area contributed by atoms with Gasteiger partial charge in [-0.2, -0.15) is 0 Å². The molecule has 2 aromatic carbocycles. The predicted molar refractivity (Wildman–Crippen MR) is 139 cm³/mol. The third-order valence-electron chi connectivity index (χ3n) is 6.56. The zero-order chi connectivity index (χ0) is 27.2. The van der Waals surface area contributed by atoms with Crippen molar-refractivity contribution < 1.29 is 27.5 Å². The van der Waals surface area contributed by atoms with Crippen molar-refractivity contribution in [2.24, 2.45) is 0 Å². The van der Waals surface area contributed by atoms with Crippen LogP contribution in [0, 0.1) is 0 Å². The minimum atomic E-state index is -3.94. The van der Waals surface area contributed by atoms with E-state index in [0.29, 0.717) is 12.2 Å². The van der Waals surface area contributed by atoms with E-state index in [2.05, 4.69) is 5.32 Å². The zero-order valence-electron chi connectivity index (χ0n) is 21.8. The highest BCUT2D eigenvalue weighted by Crippen LogP contribution is 2.30. The number of benzene rings is 2. The summed E-state index contributed by atoms with van der Waals surface area (Å²) in [6.45, 7) is 5.82. The number of fused-ring (bicyclic) bond motifs is 1. The molecule has 0 radical (unpaired) electrons. The maximum Gasteiger partial charge on any atom is 0.269 e. The van der Waals surface area contributed by atoms with Crippen LogP contribution in [0.4, 0.5) is 0 Å². The average Bonchev–Trinajstić information content (AvgIpc) is 3.09. The highest BCUT2D eigenvalue weighted by Gasteiger charge is 2.40. The van der Waals surface area contributed by atoms with Crippen LogP contribution in [0.5, 0.6) is 5.75 Å². The molecule has 0 aromatic heterocycles. The first kappa shape index (κ1) is 28.2. The van der Waals surface area contributed by atoms with Crippen molar-refractivity contribution in [2.75, 3.05) is 13.7 Å². The fourth-order valence-corrected chi connectivity index (χ4v) is 5.87. The van der Waals surface area contributed by atoms with Crippen molar-refractivity contribution in [3.63, 3.8) is 0 Å². The SMILES string of the molecule is CC[C@H](C(=O)N[C@@H](C)CC)N(Cc1ccc(OC)cc1)C(=O)CCCN1C(=O)c2ccccc2S1(=O)=O. The minimum Gasteiger partial charge on any atom is -0.497 e. The van der Waals surface area contributed by atoms with E-state index in [1.54, 1.807) is 31.4 Å². The predicted octanol–water partition coefficient (Wildman–Crippen LogP) is 3.34. The quantitative estimate of drug-likeness (QED) is 0.451. The largest absolute Gasteiger partial charge is 0.497 e. The van der Waals surface area contributed by atoms with E-state index in [9.17, 15) is 22.8 Å². The van der Waals surface area contributed by atoms with Gasteiger partial charge >= 0.3 is 0 Å². The van der Waals surface area contributed by atoms with Crippen molar-refractivity contribution in [2.45, 2.75) is 70.0 Å². The van der Waals surface area contributed by atoms with Crippen LogP contribution < -0.4 is 10.1 Å². The Kier molecular flexibility index (Phi) is 9.31. The number of sulfonamides is 1. The first-order valence-electron chi connectivity index (χ1n) is 12.5. The van der Waals surface area contributed by atoms with Crippen molar-refractivity contribution >= 4 is 27.7 Å². The summed E-state index contributed by atoms with van der Waals surface area (Å²) >= 11 is 0. The Labute approximate surface area is 218 Å². The van der Waals surface area contributed by atoms with Crippen LogP contribution in [-0.4, -0.2) is 61.1 Å². The molecule has 0 bridgehead atoms. The molecule has 3 amide bonds. The molecule has 0 spiro atoms. The fraction of sp³-hybridized carbons (Fsp3) is 0.444. The van der Waals surface area contributed by atoms with Gasteiger partial charge in [0.15, 0.2) is 0 Å². The molecular formula is C27H35N3O6S. The number of nitrogens with one attached hydrogen (secondary N) is 1. The van der Waals surface area contributed by atoms with Crippen molar-refractivity contribution in [1.82, 2.24) is 14.5 Å². The number of carbonyl (C=O) groups excluding carboxylic acids is 3. The molecule has 0 saturated heterocycles. The molecule has 0 saturated carbocycles. The standard InChI is InChI=1S/C27H35N3O6S/c1-5-19(3)28-26(32)23(6-2)29(18-20-13-15-21(36-4)16-14-20)25(31)12-9-17-30-27(33)22-10-7-8-11-24(22)37(30,34)35/h7-8,10-11,13-16,19,23H,5-6,9,12,17-18H2,1-4H3,(H,28,32)/t19-,23+/m0/s1. The molecule has 0 unspecified atom stereocenters. The zero-order valence-corrected chi connectivity index (χ0v) is 22.6. The summed E-state index contributed by atoms with van der Waals surface area (Å²) in [6, 6.07) is 12.6. The molecule has 1 heterocycles. The van der Waals surface area contributed by atoms with Gasteiger partial charge in [0.05, 0.1) is 12.7 Å². The van der Waals surface area contributed by atoms with Gasteiger partial charge in [-0.25, -0.2) is 12.7 Å². The summed E-state index contributed by atoms with van der Waals surface area (Å²) < 4.78 is 31.7. The van der Waals surface area contributed by atoms with Gasteiger partial charge in [-0.05, 0) is 56.0 Å². The highest BCUT2D eigenvalue weighted by atomic mass is 32.2. The lowest BCUT2D eigenvalue weighted by Crippen LogP contribution is -2.50. The molecule has 1 aliphatic heterocycles. The number of methoxy groups -OCH3 is 1. The highest BCUT2D eigenvalue weighted by molar-refractivity contribution is 7.90. The van der Waals surface area contributed by atoms with Crippen LogP contribution in [0.3, 0.4) is 0 Å². The summed E-state index contributed by atoms with van der Waals surface area (Å²) in [5.74, 6) is -0.423. The summed E-state index contributed by atoms with van der Waals surface area (Å²) in [4.78, 5) is 40.7. The number of nitrogens with zero attached hydrogens (tertiary/aromatic N) is 2. The van der Waals surface area contributed by atoms with E-state index >= 15 is 0 Å². The van der Waals surface area contributed by atoms with Gasteiger partial charge in [0.1, 0.15) is 16.7 Å². The van der Waals surface area contributed by atoms with E-state index in [-0.39, 0.29) is 54.2 Å². The first-order valence-corrected chi connectivity index (χ1v) is 14.0. The molecule has 2 aromatic rings. The van der Waals surface area contributed by atoms with Crippen molar-refractivity contribution in [3.05, 3.63) is 59.7 Å². The van der Waals surface area contributed by atoms with E-state index in [1.165, 1.54) is 17.0 Å². The number of ether oxygens (including phenoxy) is 1. The van der Waals surface area contributed by atoms with Crippen LogP contribution in [0.2, 0.25) is 0 Å². The Hall–Kier alpha value is -3.40. The third kappa shape index (κ3) is 6.30. The Balaban J connectivity index is 1.75. The maximum atomic E-state index is 13.4. The topological polar surface area (TPSA) is 113 Å². The normalized spacial score (nSPS) is 15.6. The van der Waals surface area contributed by atoms with Crippen LogP contribution in [-0.2, 0) is 26.2 Å². The van der Waals surface area contributed by atoms with Crippen molar-refractivity contribution in [1.29, 1.82) is 0 Å². The Bertz CT molecular complexity index is 1230. The maximum absolute atomic E-state index is 13.4. The third-order valence-corrected chi connectivity index (χ3v) is 8.40. The summed E-state index contributed by atoms with van der Waals surface area (Å²) in [6.07, 6.45) is 1.30. The van der Waals surface area contributed by atoms with Crippen LogP contribution in [0.1, 0.15) is 62.4 Å². The van der Waals surface area contributed by atoms with Gasteiger partial charge in [-0.15, -0.1) is 0 Å². The minimum absolute atomic E-state index is 0.0137. The molecule has 10 heteroatoms. The van der Waals surface area contributed by atoms with Gasteiger partial charge < -0.3 is 15.0 Å². The monoisotopic (exact) mass is 529 g/mol. The Morgan fingerprint density at radius 2 is 1.73 bits per heavy atom. The lowest BCUT2D eigenvalue weighted by atomic mass is 10.1. The lowest BCUT2D eigenvalue weighted by Gasteiger charge is -2.31. The molecule has 200 valence electrons. The summed E-state index contributed by atoms with van der Waals surface area (Å²) in [7, 11) is -2.37. The van der Waals surface area contributed by atoms with E-state index in [4.69, 9.17) is 4.74 Å². The van der Waals surface area contributed by atoms with Gasteiger partial charge in [0, 0.05) is 25.6 Å². The van der Waals surface area contributed by atoms with Gasteiger partial charge in [-0.3, -0.25) is 14.4 Å². The second-order valence-electron chi connectivity index (χ2n) is 9.09. The summed E-state index contributed by atoms with van der Waals surface area (Å²) in [5, 5.41) is 2.96.